The lowest BCUT2D eigenvalue weighted by Crippen LogP contribution is -3.00. The molecule has 0 aliphatic rings. The molecule has 6 heteroatoms. The largest absolute Gasteiger partial charge is 1.00 e. The van der Waals surface area contributed by atoms with Gasteiger partial charge in [-0.05, 0) is 11.4 Å². The predicted molar refractivity (Wildman–Crippen MR) is 36.4 cm³/mol. The van der Waals surface area contributed by atoms with Crippen molar-refractivity contribution < 1.29 is 29.0 Å². The second-order valence-electron chi connectivity index (χ2n) is 0.991. The van der Waals surface area contributed by atoms with E-state index < -0.39 is 0 Å². The van der Waals surface area contributed by atoms with Gasteiger partial charge < -0.3 is 29.7 Å². The minimum Gasteiger partial charge on any atom is -1.00 e. The molecule has 0 spiro atoms. The normalized spacial score (nSPS) is 11.4. The molecule has 0 atom stereocenters. The molecule has 0 unspecified atom stereocenters. The molecule has 0 aromatic heterocycles. The van der Waals surface area contributed by atoms with Gasteiger partial charge in [0.1, 0.15) is 0 Å². The fourth-order valence-electron chi connectivity index (χ4n) is 0.160. The topological polar surface area (TPSA) is 78.4 Å². The maximum Gasteiger partial charge on any atom is 0.252 e. The highest BCUT2D eigenvalue weighted by Gasteiger charge is 1.85. The Morgan fingerprint density at radius 2 is 2.33 bits per heavy atom. The van der Waals surface area contributed by atoms with E-state index in [0.29, 0.717) is 5.17 Å². The number of amidine groups is 1. The van der Waals surface area contributed by atoms with Gasteiger partial charge in [-0.2, -0.15) is 0 Å². The zero-order valence-electron chi connectivity index (χ0n) is 4.97. The van der Waals surface area contributed by atoms with E-state index >= 15 is 0 Å². The van der Waals surface area contributed by atoms with Gasteiger partial charge in [-0.15, -0.1) is 0 Å². The van der Waals surface area contributed by atoms with E-state index in [4.69, 9.17) is 11.6 Å². The monoisotopic (exact) mass is 260 g/mol. The third-order valence-corrected chi connectivity index (χ3v) is 1.06. The van der Waals surface area contributed by atoms with Crippen molar-refractivity contribution in [2.45, 2.75) is 0 Å². The predicted octanol–water partition coefficient (Wildman–Crippen LogP) is -5.35. The fourth-order valence-corrected chi connectivity index (χ4v) is 0.330. The SMILES string of the molecule is CSC(N)=[NH+]/C=N/N.[I-]. The Kier molecular flexibility index (Phi) is 10.5. The molecule has 0 heterocycles. The van der Waals surface area contributed by atoms with Crippen LogP contribution in [0.25, 0.3) is 0 Å². The Morgan fingerprint density at radius 1 is 1.78 bits per heavy atom. The molecule has 0 aromatic rings. The third kappa shape index (κ3) is 8.02. The van der Waals surface area contributed by atoms with Crippen molar-refractivity contribution in [1.82, 2.24) is 0 Å². The van der Waals surface area contributed by atoms with Crippen LogP contribution in [0.2, 0.25) is 0 Å². The van der Waals surface area contributed by atoms with Crippen molar-refractivity contribution in [3.8, 4) is 0 Å². The number of thioether (sulfide) groups is 1. The van der Waals surface area contributed by atoms with Crippen LogP contribution in [0.3, 0.4) is 0 Å². The first-order valence-electron chi connectivity index (χ1n) is 1.96. The Hall–Kier alpha value is 0.0200. The van der Waals surface area contributed by atoms with E-state index in [2.05, 4.69) is 10.1 Å². The minimum atomic E-state index is 0. The number of nitrogens with two attached hydrogens (primary N) is 2. The Bertz CT molecular complexity index is 112. The molecule has 54 valence electrons. The lowest BCUT2D eigenvalue weighted by molar-refractivity contribution is -0.301. The number of nitrogens with zero attached hydrogens (tertiary/aromatic N) is 1. The number of hydrogen-bond donors (Lipinski definition) is 3. The lowest BCUT2D eigenvalue weighted by atomic mass is 11.2. The molecule has 4 nitrogen and oxygen atoms in total. The summed E-state index contributed by atoms with van der Waals surface area (Å²) >= 11 is 1.40. The maximum atomic E-state index is 5.28. The first kappa shape index (κ1) is 11.8. The molecule has 0 radical (unpaired) electrons. The van der Waals surface area contributed by atoms with Gasteiger partial charge >= 0.3 is 0 Å². The summed E-state index contributed by atoms with van der Waals surface area (Å²) in [5.41, 5.74) is 5.28. The second kappa shape index (κ2) is 8.02. The van der Waals surface area contributed by atoms with Gasteiger partial charge in [0.2, 0.25) is 6.34 Å². The highest BCUT2D eigenvalue weighted by atomic mass is 127. The minimum absolute atomic E-state index is 0. The molecule has 0 fully saturated rings. The van der Waals surface area contributed by atoms with Crippen molar-refractivity contribution in [3.05, 3.63) is 0 Å². The van der Waals surface area contributed by atoms with Crippen LogP contribution in [-0.4, -0.2) is 17.8 Å². The molecule has 0 aromatic carbocycles. The standard InChI is InChI=1S/C3H8N4S.HI/c1-8-3(4)6-2-7-5;/h2H,5H2,1H3,(H2,4,6,7);1H. The summed E-state index contributed by atoms with van der Waals surface area (Å²) in [5.74, 6) is 4.76. The zero-order valence-corrected chi connectivity index (χ0v) is 7.94. The molecular weight excluding hydrogens is 251 g/mol. The van der Waals surface area contributed by atoms with Crippen molar-refractivity contribution >= 4 is 23.3 Å². The van der Waals surface area contributed by atoms with E-state index in [9.17, 15) is 0 Å². The van der Waals surface area contributed by atoms with Crippen LogP contribution < -0.4 is 40.5 Å². The molecule has 0 bridgehead atoms. The van der Waals surface area contributed by atoms with Crippen LogP contribution >= 0.6 is 11.8 Å². The van der Waals surface area contributed by atoms with Gasteiger partial charge in [0.25, 0.3) is 5.17 Å². The van der Waals surface area contributed by atoms with Gasteiger partial charge in [0, 0.05) is 0 Å². The molecule has 0 saturated carbocycles. The summed E-state index contributed by atoms with van der Waals surface area (Å²) in [6, 6.07) is 0. The van der Waals surface area contributed by atoms with Crippen molar-refractivity contribution in [1.29, 1.82) is 0 Å². The van der Waals surface area contributed by atoms with Crippen LogP contribution in [0.5, 0.6) is 0 Å². The number of hydrazone groups is 1. The molecule has 0 aliphatic heterocycles. The number of rotatable bonds is 1. The zero-order chi connectivity index (χ0) is 6.41. The molecule has 0 saturated heterocycles. The van der Waals surface area contributed by atoms with Gasteiger partial charge in [-0.1, -0.05) is 11.8 Å². The molecular formula is C3H9IN4S. The average Bonchev–Trinajstić information content (AvgIpc) is 1.83. The van der Waals surface area contributed by atoms with E-state index in [1.54, 1.807) is 0 Å². The molecule has 0 amide bonds. The number of halogens is 1. The second-order valence-corrected chi connectivity index (χ2v) is 1.84. The highest BCUT2D eigenvalue weighted by molar-refractivity contribution is 8.12. The number of hydrogen-bond acceptors (Lipinski definition) is 3. The van der Waals surface area contributed by atoms with Crippen LogP contribution in [-0.2, 0) is 0 Å². The van der Waals surface area contributed by atoms with Gasteiger partial charge in [0.05, 0.1) is 0 Å². The van der Waals surface area contributed by atoms with Crippen LogP contribution in [0.4, 0.5) is 0 Å². The molecule has 0 rings (SSSR count). The summed E-state index contributed by atoms with van der Waals surface area (Å²) in [6.07, 6.45) is 3.18. The van der Waals surface area contributed by atoms with Crippen molar-refractivity contribution in [3.63, 3.8) is 0 Å². The summed E-state index contributed by atoms with van der Waals surface area (Å²) in [4.78, 5) is 2.62. The maximum absolute atomic E-state index is 5.28. The van der Waals surface area contributed by atoms with E-state index in [0.717, 1.165) is 0 Å². The lowest BCUT2D eigenvalue weighted by Gasteiger charge is -1.80. The van der Waals surface area contributed by atoms with Crippen LogP contribution in [0.15, 0.2) is 5.10 Å². The first-order valence-corrected chi connectivity index (χ1v) is 3.18. The third-order valence-electron chi connectivity index (χ3n) is 0.501. The van der Waals surface area contributed by atoms with Gasteiger partial charge in [-0.3, -0.25) is 5.84 Å². The van der Waals surface area contributed by atoms with E-state index in [1.165, 1.54) is 18.1 Å². The fraction of sp³-hybridized carbons (Fsp3) is 0.333. The summed E-state index contributed by atoms with van der Waals surface area (Å²) in [5, 5.41) is 3.76. The summed E-state index contributed by atoms with van der Waals surface area (Å²) < 4.78 is 0. The highest BCUT2D eigenvalue weighted by Crippen LogP contribution is 1.79. The van der Waals surface area contributed by atoms with E-state index in [1.807, 2.05) is 6.26 Å². The van der Waals surface area contributed by atoms with Crippen molar-refractivity contribution in [2.75, 3.05) is 6.26 Å². The van der Waals surface area contributed by atoms with Crippen LogP contribution in [0.1, 0.15) is 0 Å². The van der Waals surface area contributed by atoms with Gasteiger partial charge in [0.15, 0.2) is 0 Å². The molecule has 5 N–H and O–H groups in total. The van der Waals surface area contributed by atoms with Crippen LogP contribution in [0, 0.1) is 0 Å². The summed E-state index contributed by atoms with van der Waals surface area (Å²) in [7, 11) is 0. The Labute approximate surface area is 75.2 Å². The van der Waals surface area contributed by atoms with Crippen molar-refractivity contribution in [2.24, 2.45) is 16.7 Å². The van der Waals surface area contributed by atoms with Gasteiger partial charge in [-0.25, -0.2) is 4.99 Å². The average molecular weight is 260 g/mol. The molecule has 0 aliphatic carbocycles. The summed E-state index contributed by atoms with van der Waals surface area (Å²) in [6.45, 7) is 0. The Morgan fingerprint density at radius 3 is 2.67 bits per heavy atom. The number of nitrogens with one attached hydrogen (secondary N) is 1. The van der Waals surface area contributed by atoms with E-state index in [-0.39, 0.29) is 24.0 Å². The Balaban J connectivity index is 0. The smallest absolute Gasteiger partial charge is 0.252 e. The molecule has 9 heavy (non-hydrogen) atoms. The quantitative estimate of drug-likeness (QED) is 0.145. The first-order chi connectivity index (χ1) is 3.81.